The van der Waals surface area contributed by atoms with Crippen molar-refractivity contribution in [3.8, 4) is 11.5 Å². The number of hydrogen-bond acceptors (Lipinski definition) is 4. The molecule has 1 aromatic carbocycles. The van der Waals surface area contributed by atoms with Crippen LogP contribution in [0.15, 0.2) is 18.2 Å². The molecule has 0 aliphatic carbocycles. The average molecular weight is 326 g/mol. The molecule has 1 aromatic rings. The predicted molar refractivity (Wildman–Crippen MR) is 83.2 cm³/mol. The van der Waals surface area contributed by atoms with Crippen LogP contribution in [0.2, 0.25) is 0 Å². The first kappa shape index (κ1) is 15.6. The summed E-state index contributed by atoms with van der Waals surface area (Å²) in [7, 11) is -3.37. The Labute approximate surface area is 131 Å². The fourth-order valence-corrected chi connectivity index (χ4v) is 4.24. The van der Waals surface area contributed by atoms with Gasteiger partial charge in [-0.05, 0) is 42.9 Å². The van der Waals surface area contributed by atoms with Crippen molar-refractivity contribution in [1.29, 1.82) is 0 Å². The van der Waals surface area contributed by atoms with Crippen LogP contribution < -0.4 is 14.2 Å². The minimum atomic E-state index is -3.37. The number of benzene rings is 1. The molecule has 2 aliphatic heterocycles. The van der Waals surface area contributed by atoms with E-state index in [1.54, 1.807) is 4.31 Å². The van der Waals surface area contributed by atoms with E-state index in [1.165, 1.54) is 0 Å². The zero-order valence-electron chi connectivity index (χ0n) is 12.7. The summed E-state index contributed by atoms with van der Waals surface area (Å²) >= 11 is 0. The van der Waals surface area contributed by atoms with Gasteiger partial charge in [-0.1, -0.05) is 13.0 Å². The van der Waals surface area contributed by atoms with Gasteiger partial charge in [-0.3, -0.25) is 0 Å². The van der Waals surface area contributed by atoms with Gasteiger partial charge in [0.25, 0.3) is 10.2 Å². The normalized spacial score (nSPS) is 22.0. The highest BCUT2D eigenvalue weighted by atomic mass is 32.2. The Balaban J connectivity index is 1.53. The molecule has 1 unspecified atom stereocenters. The van der Waals surface area contributed by atoms with Gasteiger partial charge in [0.15, 0.2) is 11.5 Å². The minimum Gasteiger partial charge on any atom is -0.454 e. The molecule has 0 spiro atoms. The second-order valence-corrected chi connectivity index (χ2v) is 7.70. The lowest BCUT2D eigenvalue weighted by atomic mass is 10.0. The zero-order chi connectivity index (χ0) is 15.6. The maximum atomic E-state index is 12.3. The lowest BCUT2D eigenvalue weighted by molar-refractivity contribution is 0.174. The quantitative estimate of drug-likeness (QED) is 0.891. The summed E-state index contributed by atoms with van der Waals surface area (Å²) in [6.45, 7) is 3.95. The van der Waals surface area contributed by atoms with E-state index < -0.39 is 10.2 Å². The molecule has 1 fully saturated rings. The second-order valence-electron chi connectivity index (χ2n) is 5.94. The molecule has 7 heteroatoms. The SMILES string of the molecule is CC1CCCN(S(=O)(=O)NCCc2ccc3c(c2)OCO3)C1. The number of fused-ring (bicyclic) bond motifs is 1. The van der Waals surface area contributed by atoms with Crippen LogP contribution in [0.1, 0.15) is 25.3 Å². The number of hydrogen-bond donors (Lipinski definition) is 1. The molecule has 2 heterocycles. The summed E-state index contributed by atoms with van der Waals surface area (Å²) in [4.78, 5) is 0. The number of ether oxygens (including phenoxy) is 2. The summed E-state index contributed by atoms with van der Waals surface area (Å²) in [5, 5.41) is 0. The highest BCUT2D eigenvalue weighted by Gasteiger charge is 2.26. The minimum absolute atomic E-state index is 0.249. The topological polar surface area (TPSA) is 67.9 Å². The number of piperidine rings is 1. The van der Waals surface area contributed by atoms with Crippen molar-refractivity contribution in [3.05, 3.63) is 23.8 Å². The molecule has 0 aromatic heterocycles. The third kappa shape index (κ3) is 3.53. The molecule has 2 aliphatic rings. The summed E-state index contributed by atoms with van der Waals surface area (Å²) in [5.41, 5.74) is 1.03. The van der Waals surface area contributed by atoms with Crippen LogP contribution >= 0.6 is 0 Å². The van der Waals surface area contributed by atoms with E-state index in [0.717, 1.165) is 29.9 Å². The molecule has 0 amide bonds. The number of nitrogens with one attached hydrogen (secondary N) is 1. The van der Waals surface area contributed by atoms with Crippen molar-refractivity contribution < 1.29 is 17.9 Å². The third-order valence-electron chi connectivity index (χ3n) is 4.09. The first-order valence-electron chi connectivity index (χ1n) is 7.68. The summed E-state index contributed by atoms with van der Waals surface area (Å²) in [6.07, 6.45) is 2.66. The molecule has 6 nitrogen and oxygen atoms in total. The van der Waals surface area contributed by atoms with Crippen molar-refractivity contribution in [1.82, 2.24) is 9.03 Å². The fourth-order valence-electron chi connectivity index (χ4n) is 2.88. The lowest BCUT2D eigenvalue weighted by Crippen LogP contribution is -2.46. The van der Waals surface area contributed by atoms with Crippen LogP contribution in [0.4, 0.5) is 0 Å². The Hall–Kier alpha value is -1.31. The lowest BCUT2D eigenvalue weighted by Gasteiger charge is -2.29. The summed E-state index contributed by atoms with van der Waals surface area (Å²) < 4.78 is 39.4. The van der Waals surface area contributed by atoms with Gasteiger partial charge in [0, 0.05) is 19.6 Å². The van der Waals surface area contributed by atoms with Crippen LogP contribution in [0.25, 0.3) is 0 Å². The van der Waals surface area contributed by atoms with Crippen molar-refractivity contribution in [2.45, 2.75) is 26.2 Å². The number of nitrogens with zero attached hydrogens (tertiary/aromatic N) is 1. The Kier molecular flexibility index (Phi) is 4.56. The molecule has 1 N–H and O–H groups in total. The van der Waals surface area contributed by atoms with E-state index in [0.29, 0.717) is 32.0 Å². The van der Waals surface area contributed by atoms with Gasteiger partial charge in [0.1, 0.15) is 0 Å². The molecule has 0 saturated carbocycles. The summed E-state index contributed by atoms with van der Waals surface area (Å²) in [5.74, 6) is 1.90. The summed E-state index contributed by atoms with van der Waals surface area (Å²) in [6, 6.07) is 5.70. The van der Waals surface area contributed by atoms with Crippen LogP contribution in [0, 0.1) is 5.92 Å². The van der Waals surface area contributed by atoms with E-state index in [2.05, 4.69) is 11.6 Å². The molecule has 1 atom stereocenters. The number of rotatable bonds is 5. The van der Waals surface area contributed by atoms with E-state index in [4.69, 9.17) is 9.47 Å². The van der Waals surface area contributed by atoms with E-state index >= 15 is 0 Å². The van der Waals surface area contributed by atoms with Crippen molar-refractivity contribution in [2.24, 2.45) is 5.92 Å². The zero-order valence-corrected chi connectivity index (χ0v) is 13.6. The van der Waals surface area contributed by atoms with Crippen molar-refractivity contribution in [2.75, 3.05) is 26.4 Å². The Bertz CT molecular complexity index is 632. The van der Waals surface area contributed by atoms with Gasteiger partial charge < -0.3 is 9.47 Å². The van der Waals surface area contributed by atoms with Crippen molar-refractivity contribution >= 4 is 10.2 Å². The molecule has 3 rings (SSSR count). The largest absolute Gasteiger partial charge is 0.454 e. The molecule has 0 bridgehead atoms. The molecule has 22 heavy (non-hydrogen) atoms. The third-order valence-corrected chi connectivity index (χ3v) is 5.68. The van der Waals surface area contributed by atoms with Crippen LogP contribution in [0.3, 0.4) is 0 Å². The smallest absolute Gasteiger partial charge is 0.279 e. The molecule has 0 radical (unpaired) electrons. The fraction of sp³-hybridized carbons (Fsp3) is 0.600. The van der Waals surface area contributed by atoms with E-state index in [1.807, 2.05) is 18.2 Å². The van der Waals surface area contributed by atoms with Crippen molar-refractivity contribution in [3.63, 3.8) is 0 Å². The monoisotopic (exact) mass is 326 g/mol. The Morgan fingerprint density at radius 2 is 2.14 bits per heavy atom. The van der Waals surface area contributed by atoms with Gasteiger partial charge in [-0.15, -0.1) is 0 Å². The van der Waals surface area contributed by atoms with Gasteiger partial charge in [0.2, 0.25) is 6.79 Å². The van der Waals surface area contributed by atoms with Crippen LogP contribution in [0.5, 0.6) is 11.5 Å². The molecular formula is C15H22N2O4S. The maximum absolute atomic E-state index is 12.3. The van der Waals surface area contributed by atoms with Gasteiger partial charge >= 0.3 is 0 Å². The van der Waals surface area contributed by atoms with Gasteiger partial charge in [-0.2, -0.15) is 12.7 Å². The average Bonchev–Trinajstić information content (AvgIpc) is 2.94. The van der Waals surface area contributed by atoms with Gasteiger partial charge in [0.05, 0.1) is 0 Å². The standard InChI is InChI=1S/C15H22N2O4S/c1-12-3-2-8-17(10-12)22(18,19)16-7-6-13-4-5-14-15(9-13)21-11-20-14/h4-5,9,12,16H,2-3,6-8,10-11H2,1H3. The maximum Gasteiger partial charge on any atom is 0.279 e. The Morgan fingerprint density at radius 3 is 2.95 bits per heavy atom. The van der Waals surface area contributed by atoms with Gasteiger partial charge in [-0.25, -0.2) is 4.72 Å². The molecule has 122 valence electrons. The second kappa shape index (κ2) is 6.44. The first-order chi connectivity index (χ1) is 10.5. The van der Waals surface area contributed by atoms with Crippen LogP contribution in [-0.2, 0) is 16.6 Å². The predicted octanol–water partition coefficient (Wildman–Crippen LogP) is 1.52. The van der Waals surface area contributed by atoms with E-state index in [9.17, 15) is 8.42 Å². The molecule has 1 saturated heterocycles. The molecular weight excluding hydrogens is 304 g/mol. The highest BCUT2D eigenvalue weighted by molar-refractivity contribution is 7.87. The highest BCUT2D eigenvalue weighted by Crippen LogP contribution is 2.32. The Morgan fingerprint density at radius 1 is 1.32 bits per heavy atom. The van der Waals surface area contributed by atoms with E-state index in [-0.39, 0.29) is 6.79 Å². The van der Waals surface area contributed by atoms with Crippen LogP contribution in [-0.4, -0.2) is 39.2 Å². The first-order valence-corrected chi connectivity index (χ1v) is 9.12.